The van der Waals surface area contributed by atoms with E-state index < -0.39 is 7.12 Å². The summed E-state index contributed by atoms with van der Waals surface area (Å²) < 4.78 is 0. The average Bonchev–Trinajstić information content (AvgIpc) is 2.15. The Kier molecular flexibility index (Phi) is 4.19. The van der Waals surface area contributed by atoms with Crippen LogP contribution in [0.5, 0.6) is 0 Å². The quantitative estimate of drug-likeness (QED) is 0.595. The van der Waals surface area contributed by atoms with Crippen LogP contribution in [0.4, 0.5) is 0 Å². The molecule has 1 aromatic carbocycles. The fourth-order valence-electron chi connectivity index (χ4n) is 1.59. The van der Waals surface area contributed by atoms with Gasteiger partial charge in [-0.2, -0.15) is 0 Å². The molecule has 0 saturated carbocycles. The Morgan fingerprint density at radius 2 is 1.88 bits per heavy atom. The van der Waals surface area contributed by atoms with Gasteiger partial charge in [0.2, 0.25) is 0 Å². The summed E-state index contributed by atoms with van der Waals surface area (Å²) in [5, 5.41) is 27.5. The van der Waals surface area contributed by atoms with E-state index in [1.165, 1.54) is 0 Å². The van der Waals surface area contributed by atoms with Crippen molar-refractivity contribution < 1.29 is 15.2 Å². The molecule has 1 rings (SSSR count). The van der Waals surface area contributed by atoms with Crippen LogP contribution in [-0.2, 0) is 6.61 Å². The molecule has 0 fully saturated rings. The van der Waals surface area contributed by atoms with Gasteiger partial charge in [0.1, 0.15) is 0 Å². The molecule has 0 spiro atoms. The van der Waals surface area contributed by atoms with E-state index in [0.717, 1.165) is 5.46 Å². The van der Waals surface area contributed by atoms with Crippen molar-refractivity contribution >= 4 is 25.3 Å². The molecule has 85 valence electrons. The lowest BCUT2D eigenvalue weighted by Gasteiger charge is -2.18. The van der Waals surface area contributed by atoms with Crippen molar-refractivity contribution in [3.8, 4) is 0 Å². The summed E-state index contributed by atoms with van der Waals surface area (Å²) in [7, 11) is 0.496. The third-order valence-corrected chi connectivity index (χ3v) is 2.22. The first-order valence-electron chi connectivity index (χ1n) is 5.29. The molecular weight excluding hydrogens is 202 g/mol. The first kappa shape index (κ1) is 13.3. The van der Waals surface area contributed by atoms with E-state index in [2.05, 4.69) is 20.8 Å². The molecule has 0 bridgehead atoms. The number of benzene rings is 1. The molecule has 3 nitrogen and oxygen atoms in total. The minimum absolute atomic E-state index is 0.0262. The van der Waals surface area contributed by atoms with E-state index in [1.54, 1.807) is 12.1 Å². The van der Waals surface area contributed by atoms with Crippen molar-refractivity contribution in [1.29, 1.82) is 0 Å². The van der Waals surface area contributed by atoms with Crippen LogP contribution in [0.2, 0.25) is 5.31 Å². The van der Waals surface area contributed by atoms with Gasteiger partial charge in [-0.15, -0.1) is 0 Å². The van der Waals surface area contributed by atoms with Gasteiger partial charge in [0.05, 0.1) is 6.61 Å². The lowest BCUT2D eigenvalue weighted by Crippen LogP contribution is -2.37. The minimum Gasteiger partial charge on any atom is -0.423 e. The second-order valence-electron chi connectivity index (χ2n) is 5.00. The van der Waals surface area contributed by atoms with Gasteiger partial charge in [0.15, 0.2) is 7.28 Å². The predicted octanol–water partition coefficient (Wildman–Crippen LogP) is -0.593. The summed E-state index contributed by atoms with van der Waals surface area (Å²) in [5.74, 6) is 0. The smallest absolute Gasteiger partial charge is 0.423 e. The van der Waals surface area contributed by atoms with E-state index in [1.807, 2.05) is 13.3 Å². The monoisotopic (exact) mass is 219 g/mol. The highest BCUT2D eigenvalue weighted by Crippen LogP contribution is 2.19. The van der Waals surface area contributed by atoms with Gasteiger partial charge >= 0.3 is 7.12 Å². The maximum atomic E-state index is 9.19. The molecule has 0 aliphatic carbocycles. The molecule has 0 unspecified atom stereocenters. The SMILES string of the molecule is CC(C)(C)[B]c1ccc(CO)c(B(O)O)c1. The van der Waals surface area contributed by atoms with Crippen LogP contribution in [0.25, 0.3) is 0 Å². The second-order valence-corrected chi connectivity index (χ2v) is 5.00. The highest BCUT2D eigenvalue weighted by molar-refractivity contribution is 6.62. The number of rotatable bonds is 3. The van der Waals surface area contributed by atoms with Crippen LogP contribution >= 0.6 is 0 Å². The van der Waals surface area contributed by atoms with Gasteiger partial charge in [0, 0.05) is 0 Å². The molecule has 0 aromatic heterocycles. The van der Waals surface area contributed by atoms with Crippen molar-refractivity contribution in [2.24, 2.45) is 0 Å². The zero-order chi connectivity index (χ0) is 12.3. The maximum absolute atomic E-state index is 9.19. The van der Waals surface area contributed by atoms with Crippen LogP contribution in [-0.4, -0.2) is 29.6 Å². The van der Waals surface area contributed by atoms with Gasteiger partial charge in [-0.25, -0.2) is 0 Å². The van der Waals surface area contributed by atoms with Gasteiger partial charge in [0.25, 0.3) is 0 Å². The third kappa shape index (κ3) is 3.67. The molecule has 0 aliphatic rings. The molecule has 3 N–H and O–H groups in total. The van der Waals surface area contributed by atoms with E-state index in [4.69, 9.17) is 5.11 Å². The molecular formula is C11H17B2O3. The average molecular weight is 219 g/mol. The Hall–Kier alpha value is -0.770. The minimum atomic E-state index is -1.55. The Bertz CT molecular complexity index is 359. The summed E-state index contributed by atoms with van der Waals surface area (Å²) in [4.78, 5) is 0. The molecule has 0 atom stereocenters. The van der Waals surface area contributed by atoms with Gasteiger partial charge in [-0.05, 0) is 11.0 Å². The topological polar surface area (TPSA) is 60.7 Å². The summed E-state index contributed by atoms with van der Waals surface area (Å²) in [5.41, 5.74) is 1.83. The number of aliphatic hydroxyl groups excluding tert-OH is 1. The zero-order valence-corrected chi connectivity index (χ0v) is 9.94. The fraction of sp³-hybridized carbons (Fsp3) is 0.455. The number of aliphatic hydroxyl groups is 1. The molecule has 16 heavy (non-hydrogen) atoms. The summed E-state index contributed by atoms with van der Waals surface area (Å²) in [6, 6.07) is 5.27. The summed E-state index contributed by atoms with van der Waals surface area (Å²) in [6.45, 7) is 6.02. The molecule has 0 amide bonds. The van der Waals surface area contributed by atoms with Crippen molar-refractivity contribution in [3.63, 3.8) is 0 Å². The van der Waals surface area contributed by atoms with Crippen LogP contribution in [0.3, 0.4) is 0 Å². The lowest BCUT2D eigenvalue weighted by molar-refractivity contribution is 0.282. The van der Waals surface area contributed by atoms with E-state index in [9.17, 15) is 10.0 Å². The molecule has 0 heterocycles. The van der Waals surface area contributed by atoms with Crippen LogP contribution in [0, 0.1) is 0 Å². The summed E-state index contributed by atoms with van der Waals surface area (Å²) >= 11 is 0. The Morgan fingerprint density at radius 3 is 2.31 bits per heavy atom. The van der Waals surface area contributed by atoms with E-state index in [-0.39, 0.29) is 11.9 Å². The van der Waals surface area contributed by atoms with Gasteiger partial charge < -0.3 is 15.2 Å². The highest BCUT2D eigenvalue weighted by Gasteiger charge is 2.19. The first-order valence-corrected chi connectivity index (χ1v) is 5.29. The van der Waals surface area contributed by atoms with Crippen molar-refractivity contribution in [3.05, 3.63) is 23.8 Å². The molecule has 0 aliphatic heterocycles. The highest BCUT2D eigenvalue weighted by atomic mass is 16.4. The van der Waals surface area contributed by atoms with Gasteiger partial charge in [-0.1, -0.05) is 49.7 Å². The van der Waals surface area contributed by atoms with E-state index >= 15 is 0 Å². The normalized spacial score (nSPS) is 11.4. The Morgan fingerprint density at radius 1 is 1.25 bits per heavy atom. The Balaban J connectivity index is 3.02. The molecule has 0 saturated heterocycles. The standard InChI is InChI=1S/C11H17B2O3/c1-11(2,3)12-9-5-4-8(7-14)10(6-9)13(15)16/h4-6,14-16H,7H2,1-3H3. The van der Waals surface area contributed by atoms with Crippen LogP contribution in [0.1, 0.15) is 26.3 Å². The molecule has 1 radical (unpaired) electrons. The number of hydrogen-bond donors (Lipinski definition) is 3. The maximum Gasteiger partial charge on any atom is 0.488 e. The molecule has 1 aromatic rings. The van der Waals surface area contributed by atoms with Crippen molar-refractivity contribution in [1.82, 2.24) is 0 Å². The first-order chi connectivity index (χ1) is 7.33. The third-order valence-electron chi connectivity index (χ3n) is 2.22. The number of hydrogen-bond acceptors (Lipinski definition) is 3. The van der Waals surface area contributed by atoms with Crippen molar-refractivity contribution in [2.75, 3.05) is 0 Å². The summed E-state index contributed by atoms with van der Waals surface area (Å²) in [6.07, 6.45) is 0. The Labute approximate surface area is 97.5 Å². The van der Waals surface area contributed by atoms with Gasteiger partial charge in [-0.3, -0.25) is 0 Å². The van der Waals surface area contributed by atoms with E-state index in [0.29, 0.717) is 11.0 Å². The van der Waals surface area contributed by atoms with Crippen molar-refractivity contribution in [2.45, 2.75) is 32.7 Å². The van der Waals surface area contributed by atoms with Crippen LogP contribution < -0.4 is 10.9 Å². The largest absolute Gasteiger partial charge is 0.488 e. The fourth-order valence-corrected chi connectivity index (χ4v) is 1.59. The van der Waals surface area contributed by atoms with Crippen LogP contribution in [0.15, 0.2) is 18.2 Å². The second kappa shape index (κ2) is 5.04. The molecule has 5 heteroatoms. The lowest BCUT2D eigenvalue weighted by atomic mass is 9.50. The zero-order valence-electron chi connectivity index (χ0n) is 9.94. The predicted molar refractivity (Wildman–Crippen MR) is 67.3 cm³/mol.